The molecule has 0 bridgehead atoms. The molecule has 0 aromatic rings. The summed E-state index contributed by atoms with van der Waals surface area (Å²) in [6.07, 6.45) is 47.6. The maximum Gasteiger partial charge on any atom is 0.472 e. The van der Waals surface area contributed by atoms with Crippen molar-refractivity contribution in [2.24, 2.45) is 5.73 Å². The summed E-state index contributed by atoms with van der Waals surface area (Å²) in [4.78, 5) is 22.3. The number of phosphoric acid groups is 1. The van der Waals surface area contributed by atoms with Gasteiger partial charge >= 0.3 is 13.8 Å². The first kappa shape index (κ1) is 47.7. The molecule has 3 N–H and O–H groups in total. The van der Waals surface area contributed by atoms with Gasteiger partial charge < -0.3 is 20.1 Å². The molecule has 0 rings (SSSR count). The Morgan fingerprint density at radius 2 is 1.12 bits per heavy atom. The molecule has 0 saturated carbocycles. The molecule has 0 aromatic heterocycles. The largest absolute Gasteiger partial charge is 0.472 e. The van der Waals surface area contributed by atoms with E-state index in [1.807, 2.05) is 0 Å². The van der Waals surface area contributed by atoms with Crippen molar-refractivity contribution in [1.82, 2.24) is 0 Å². The SMILES string of the molecule is CC/C=C\C/C=C\C/C=C\C/C=C\C/C=C\C/C=C\C/C=C\CCCCCC(=O)OC(COCCCCCCCC)COP(=O)(O)OCCN. The van der Waals surface area contributed by atoms with Gasteiger partial charge in [-0.2, -0.15) is 0 Å². The first-order valence-electron chi connectivity index (χ1n) is 19.1. The summed E-state index contributed by atoms with van der Waals surface area (Å²) < 4.78 is 33.0. The number of esters is 1. The summed E-state index contributed by atoms with van der Waals surface area (Å²) in [6, 6.07) is 0. The zero-order chi connectivity index (χ0) is 36.6. The van der Waals surface area contributed by atoms with Crippen molar-refractivity contribution in [3.05, 3.63) is 85.1 Å². The summed E-state index contributed by atoms with van der Waals surface area (Å²) in [5.74, 6) is -0.370. The number of allylic oxidation sites excluding steroid dienone is 14. The van der Waals surface area contributed by atoms with E-state index in [9.17, 15) is 14.3 Å². The molecule has 0 amide bonds. The molecule has 2 unspecified atom stereocenters. The van der Waals surface area contributed by atoms with E-state index in [0.29, 0.717) is 13.0 Å². The highest BCUT2D eigenvalue weighted by atomic mass is 31.2. The zero-order valence-corrected chi connectivity index (χ0v) is 32.2. The van der Waals surface area contributed by atoms with Gasteiger partial charge in [-0.15, -0.1) is 0 Å². The number of carbonyl (C=O) groups is 1. The van der Waals surface area contributed by atoms with Crippen LogP contribution in [0.1, 0.15) is 129 Å². The number of nitrogens with two attached hydrogens (primary N) is 1. The van der Waals surface area contributed by atoms with E-state index in [0.717, 1.165) is 77.0 Å². The predicted octanol–water partition coefficient (Wildman–Crippen LogP) is 11.0. The standard InChI is InChI=1S/C41H70NO7P/c1-3-5-7-9-11-12-13-14-15-16-17-18-19-20-21-22-23-24-25-26-27-28-29-30-32-34-41(43)49-40(39-48-50(44,45)47-37-35-42)38-46-36-33-31-10-8-6-4-2/h5,7,11-12,14-15,17-18,20-21,23-24,26-27,40H,3-4,6,8-10,13,16,19,22,25,28-39,42H2,1-2H3,(H,44,45)/b7-5-,12-11-,15-14-,18-17-,21-20-,24-23-,27-26-. The lowest BCUT2D eigenvalue weighted by Gasteiger charge is -2.20. The highest BCUT2D eigenvalue weighted by Gasteiger charge is 2.25. The number of ether oxygens (including phenoxy) is 2. The van der Waals surface area contributed by atoms with Gasteiger partial charge in [-0.3, -0.25) is 13.8 Å². The monoisotopic (exact) mass is 719 g/mol. The number of hydrogen-bond acceptors (Lipinski definition) is 7. The molecule has 0 radical (unpaired) electrons. The maximum absolute atomic E-state index is 12.5. The maximum atomic E-state index is 12.5. The summed E-state index contributed by atoms with van der Waals surface area (Å²) in [5, 5.41) is 0. The van der Waals surface area contributed by atoms with Gasteiger partial charge in [0, 0.05) is 19.6 Å². The van der Waals surface area contributed by atoms with Crippen LogP contribution in [-0.2, 0) is 27.9 Å². The Hall–Kier alpha value is -2.32. The van der Waals surface area contributed by atoms with Gasteiger partial charge in [0.2, 0.25) is 0 Å². The van der Waals surface area contributed by atoms with Gasteiger partial charge in [-0.1, -0.05) is 137 Å². The van der Waals surface area contributed by atoms with Crippen molar-refractivity contribution in [3.8, 4) is 0 Å². The van der Waals surface area contributed by atoms with E-state index in [1.54, 1.807) is 0 Å². The van der Waals surface area contributed by atoms with Crippen LogP contribution in [0.3, 0.4) is 0 Å². The van der Waals surface area contributed by atoms with Crippen LogP contribution in [0.25, 0.3) is 0 Å². The summed E-state index contributed by atoms with van der Waals surface area (Å²) in [5.41, 5.74) is 5.33. The fourth-order valence-electron chi connectivity index (χ4n) is 4.56. The van der Waals surface area contributed by atoms with Crippen LogP contribution in [0.5, 0.6) is 0 Å². The second kappa shape index (κ2) is 37.9. The lowest BCUT2D eigenvalue weighted by molar-refractivity contribution is -0.154. The van der Waals surface area contributed by atoms with Crippen LogP contribution in [0, 0.1) is 0 Å². The summed E-state index contributed by atoms with van der Waals surface area (Å²) in [6.45, 7) is 4.67. The highest BCUT2D eigenvalue weighted by Crippen LogP contribution is 2.43. The van der Waals surface area contributed by atoms with Crippen LogP contribution in [-0.4, -0.2) is 49.9 Å². The van der Waals surface area contributed by atoms with Gasteiger partial charge in [0.05, 0.1) is 19.8 Å². The smallest absolute Gasteiger partial charge is 0.457 e. The molecule has 8 nitrogen and oxygen atoms in total. The molecular weight excluding hydrogens is 649 g/mol. The average molecular weight is 720 g/mol. The Kier molecular flexibility index (Phi) is 36.2. The molecule has 0 aromatic carbocycles. The number of rotatable bonds is 35. The molecular formula is C41H70NO7P. The van der Waals surface area contributed by atoms with E-state index in [4.69, 9.17) is 24.3 Å². The molecule has 0 saturated heterocycles. The molecule has 0 aliphatic carbocycles. The van der Waals surface area contributed by atoms with Gasteiger partial charge in [0.15, 0.2) is 0 Å². The van der Waals surface area contributed by atoms with Crippen molar-refractivity contribution in [2.75, 3.05) is 33.0 Å². The Morgan fingerprint density at radius 1 is 0.620 bits per heavy atom. The van der Waals surface area contributed by atoms with Gasteiger partial charge in [-0.05, 0) is 70.6 Å². The van der Waals surface area contributed by atoms with Crippen LogP contribution in [0.2, 0.25) is 0 Å². The lowest BCUT2D eigenvalue weighted by atomic mass is 10.1. The van der Waals surface area contributed by atoms with Crippen LogP contribution in [0.15, 0.2) is 85.1 Å². The molecule has 9 heteroatoms. The van der Waals surface area contributed by atoms with E-state index >= 15 is 0 Å². The van der Waals surface area contributed by atoms with Crippen molar-refractivity contribution in [3.63, 3.8) is 0 Å². The average Bonchev–Trinajstić information content (AvgIpc) is 3.10. The van der Waals surface area contributed by atoms with Crippen LogP contribution in [0.4, 0.5) is 0 Å². The number of hydrogen-bond donors (Lipinski definition) is 2. The Labute approximate surface area is 305 Å². The molecule has 0 fully saturated rings. The number of carbonyl (C=O) groups excluding carboxylic acids is 1. The van der Waals surface area contributed by atoms with Crippen LogP contribution >= 0.6 is 7.82 Å². The van der Waals surface area contributed by atoms with Crippen LogP contribution < -0.4 is 5.73 Å². The third-order valence-electron chi connectivity index (χ3n) is 7.33. The summed E-state index contributed by atoms with van der Waals surface area (Å²) in [7, 11) is -4.28. The lowest BCUT2D eigenvalue weighted by Crippen LogP contribution is -2.28. The van der Waals surface area contributed by atoms with Gasteiger partial charge in [0.1, 0.15) is 6.10 Å². The first-order chi connectivity index (χ1) is 24.4. The van der Waals surface area contributed by atoms with Gasteiger partial charge in [0.25, 0.3) is 0 Å². The minimum Gasteiger partial charge on any atom is -0.457 e. The molecule has 0 heterocycles. The van der Waals surface area contributed by atoms with Crippen molar-refractivity contribution < 1.29 is 32.8 Å². The quantitative estimate of drug-likeness (QED) is 0.0288. The number of unbranched alkanes of at least 4 members (excludes halogenated alkanes) is 8. The Bertz CT molecular complexity index is 1030. The molecule has 0 spiro atoms. The normalized spacial score (nSPS) is 14.6. The fraction of sp³-hybridized carbons (Fsp3) is 0.634. The van der Waals surface area contributed by atoms with Crippen molar-refractivity contribution in [2.45, 2.75) is 136 Å². The van der Waals surface area contributed by atoms with E-state index in [1.165, 1.54) is 25.7 Å². The second-order valence-corrected chi connectivity index (χ2v) is 13.5. The molecule has 2 atom stereocenters. The minimum absolute atomic E-state index is 0.0902. The predicted molar refractivity (Wildman–Crippen MR) is 210 cm³/mol. The first-order valence-corrected chi connectivity index (χ1v) is 20.6. The Morgan fingerprint density at radius 3 is 1.66 bits per heavy atom. The fourth-order valence-corrected chi connectivity index (χ4v) is 5.33. The summed E-state index contributed by atoms with van der Waals surface area (Å²) >= 11 is 0. The highest BCUT2D eigenvalue weighted by molar-refractivity contribution is 7.47. The molecule has 50 heavy (non-hydrogen) atoms. The van der Waals surface area contributed by atoms with Crippen molar-refractivity contribution >= 4 is 13.8 Å². The van der Waals surface area contributed by atoms with E-state index < -0.39 is 13.9 Å². The van der Waals surface area contributed by atoms with E-state index in [-0.39, 0.29) is 38.8 Å². The molecule has 0 aliphatic rings. The third-order valence-corrected chi connectivity index (χ3v) is 8.31. The Balaban J connectivity index is 4.07. The third kappa shape index (κ3) is 36.9. The number of phosphoric ester groups is 1. The zero-order valence-electron chi connectivity index (χ0n) is 31.3. The topological polar surface area (TPSA) is 117 Å². The van der Waals surface area contributed by atoms with Crippen molar-refractivity contribution in [1.29, 1.82) is 0 Å². The molecule has 0 aliphatic heterocycles. The molecule has 286 valence electrons. The second-order valence-electron chi connectivity index (χ2n) is 12.1. The van der Waals surface area contributed by atoms with Gasteiger partial charge in [-0.25, -0.2) is 4.57 Å². The minimum atomic E-state index is -4.28. The van der Waals surface area contributed by atoms with E-state index in [2.05, 4.69) is 98.9 Å².